The molecule has 1 aliphatic heterocycles. The van der Waals surface area contributed by atoms with Crippen LogP contribution in [-0.2, 0) is 14.3 Å². The van der Waals surface area contributed by atoms with Gasteiger partial charge in [-0.3, -0.25) is 9.69 Å². The second-order valence-corrected chi connectivity index (χ2v) is 7.24. The van der Waals surface area contributed by atoms with Crippen molar-refractivity contribution in [1.29, 1.82) is 5.26 Å². The average Bonchev–Trinajstić information content (AvgIpc) is 2.37. The Balaban J connectivity index is 2.87. The second kappa shape index (κ2) is 7.26. The Labute approximate surface area is 133 Å². The molecule has 1 rings (SSSR count). The molecule has 0 aromatic carbocycles. The van der Waals surface area contributed by atoms with E-state index in [1.54, 1.807) is 20.8 Å². The van der Waals surface area contributed by atoms with E-state index in [9.17, 15) is 10.1 Å². The van der Waals surface area contributed by atoms with Crippen molar-refractivity contribution in [3.63, 3.8) is 0 Å². The Morgan fingerprint density at radius 3 is 2.27 bits per heavy atom. The van der Waals surface area contributed by atoms with Gasteiger partial charge in [-0.15, -0.1) is 0 Å². The van der Waals surface area contributed by atoms with Gasteiger partial charge in [0, 0.05) is 18.6 Å². The minimum absolute atomic E-state index is 0.231. The summed E-state index contributed by atoms with van der Waals surface area (Å²) in [5.74, 6) is -1.35. The highest BCUT2D eigenvalue weighted by Crippen LogP contribution is 2.24. The van der Waals surface area contributed by atoms with E-state index in [1.807, 2.05) is 13.0 Å². The SMILES string of the molecule is CC(=CC(C)(C)N1CCOCC1)C(C#N)C(=O)OC(C)(C)C. The molecule has 5 nitrogen and oxygen atoms in total. The Bertz CT molecular complexity index is 463. The normalized spacial score (nSPS) is 19.4. The lowest BCUT2D eigenvalue weighted by atomic mass is 9.92. The van der Waals surface area contributed by atoms with E-state index in [-0.39, 0.29) is 5.54 Å². The molecule has 22 heavy (non-hydrogen) atoms. The number of esters is 1. The van der Waals surface area contributed by atoms with Crippen LogP contribution in [0.25, 0.3) is 0 Å². The third kappa shape index (κ3) is 5.43. The van der Waals surface area contributed by atoms with Gasteiger partial charge in [-0.1, -0.05) is 6.08 Å². The van der Waals surface area contributed by atoms with Gasteiger partial charge in [0.1, 0.15) is 5.60 Å². The van der Waals surface area contributed by atoms with Crippen LogP contribution in [0.5, 0.6) is 0 Å². The van der Waals surface area contributed by atoms with Gasteiger partial charge in [0.15, 0.2) is 5.92 Å². The monoisotopic (exact) mass is 308 g/mol. The van der Waals surface area contributed by atoms with Crippen LogP contribution in [0, 0.1) is 17.2 Å². The van der Waals surface area contributed by atoms with Crippen LogP contribution in [0.3, 0.4) is 0 Å². The highest BCUT2D eigenvalue weighted by molar-refractivity contribution is 5.79. The summed E-state index contributed by atoms with van der Waals surface area (Å²) < 4.78 is 10.7. The Kier molecular flexibility index (Phi) is 6.16. The molecular weight excluding hydrogens is 280 g/mol. The minimum atomic E-state index is -0.862. The number of carbonyl (C=O) groups is 1. The predicted molar refractivity (Wildman–Crippen MR) is 85.2 cm³/mol. The summed E-state index contributed by atoms with van der Waals surface area (Å²) in [5.41, 5.74) is -0.0924. The Morgan fingerprint density at radius 1 is 1.27 bits per heavy atom. The quantitative estimate of drug-likeness (QED) is 0.590. The maximum Gasteiger partial charge on any atom is 0.328 e. The van der Waals surface area contributed by atoms with Crippen molar-refractivity contribution in [3.8, 4) is 6.07 Å². The molecule has 1 unspecified atom stereocenters. The predicted octanol–water partition coefficient (Wildman–Crippen LogP) is 2.52. The topological polar surface area (TPSA) is 62.6 Å². The number of hydrogen-bond donors (Lipinski definition) is 0. The van der Waals surface area contributed by atoms with Crippen LogP contribution in [0.1, 0.15) is 41.5 Å². The van der Waals surface area contributed by atoms with E-state index in [0.29, 0.717) is 13.2 Å². The molecule has 0 aromatic heterocycles. The lowest BCUT2D eigenvalue weighted by molar-refractivity contribution is -0.156. The first-order chi connectivity index (χ1) is 10.1. The summed E-state index contributed by atoms with van der Waals surface area (Å²) in [6, 6.07) is 2.06. The van der Waals surface area contributed by atoms with E-state index < -0.39 is 17.5 Å². The average molecular weight is 308 g/mol. The highest BCUT2D eigenvalue weighted by Gasteiger charge is 2.30. The molecule has 0 aromatic rings. The molecule has 0 radical (unpaired) electrons. The fourth-order valence-corrected chi connectivity index (χ4v) is 2.57. The van der Waals surface area contributed by atoms with E-state index in [0.717, 1.165) is 18.7 Å². The minimum Gasteiger partial charge on any atom is -0.459 e. The molecule has 0 bridgehead atoms. The van der Waals surface area contributed by atoms with Gasteiger partial charge in [-0.25, -0.2) is 0 Å². The fourth-order valence-electron chi connectivity index (χ4n) is 2.57. The third-order valence-electron chi connectivity index (χ3n) is 3.63. The van der Waals surface area contributed by atoms with Crippen molar-refractivity contribution >= 4 is 5.97 Å². The van der Waals surface area contributed by atoms with Crippen LogP contribution in [-0.4, -0.2) is 48.3 Å². The summed E-state index contributed by atoms with van der Waals surface area (Å²) in [5, 5.41) is 9.35. The van der Waals surface area contributed by atoms with Crippen molar-refractivity contribution in [3.05, 3.63) is 11.6 Å². The van der Waals surface area contributed by atoms with Gasteiger partial charge in [-0.2, -0.15) is 5.26 Å². The molecule has 0 N–H and O–H groups in total. The van der Waals surface area contributed by atoms with Crippen LogP contribution in [0.2, 0.25) is 0 Å². The molecule has 1 heterocycles. The lowest BCUT2D eigenvalue weighted by Gasteiger charge is -2.39. The summed E-state index contributed by atoms with van der Waals surface area (Å²) in [6.07, 6.45) is 2.00. The first kappa shape index (κ1) is 18.7. The van der Waals surface area contributed by atoms with E-state index in [1.165, 1.54) is 0 Å². The standard InChI is InChI=1S/C17H28N2O3/c1-13(14(12-18)15(20)22-16(2,3)4)11-17(5,6)19-7-9-21-10-8-19/h11,14H,7-10H2,1-6H3. The molecule has 5 heteroatoms. The van der Waals surface area contributed by atoms with Gasteiger partial charge in [-0.05, 0) is 47.1 Å². The largest absolute Gasteiger partial charge is 0.459 e. The maximum atomic E-state index is 12.2. The molecule has 124 valence electrons. The van der Waals surface area contributed by atoms with Crippen molar-refractivity contribution in [1.82, 2.24) is 4.90 Å². The first-order valence-electron chi connectivity index (χ1n) is 7.71. The molecule has 1 fully saturated rings. The van der Waals surface area contributed by atoms with Crippen molar-refractivity contribution in [2.24, 2.45) is 5.92 Å². The van der Waals surface area contributed by atoms with Crippen LogP contribution >= 0.6 is 0 Å². The summed E-state index contributed by atoms with van der Waals surface area (Å²) in [6.45, 7) is 14.5. The number of nitriles is 1. The van der Waals surface area contributed by atoms with Gasteiger partial charge in [0.2, 0.25) is 0 Å². The second-order valence-electron chi connectivity index (χ2n) is 7.24. The van der Waals surface area contributed by atoms with Crippen LogP contribution in [0.4, 0.5) is 0 Å². The summed E-state index contributed by atoms with van der Waals surface area (Å²) >= 11 is 0. The highest BCUT2D eigenvalue weighted by atomic mass is 16.6. The zero-order chi connectivity index (χ0) is 17.0. The maximum absolute atomic E-state index is 12.2. The van der Waals surface area contributed by atoms with Gasteiger partial charge >= 0.3 is 5.97 Å². The van der Waals surface area contributed by atoms with Crippen molar-refractivity contribution in [2.75, 3.05) is 26.3 Å². The summed E-state index contributed by atoms with van der Waals surface area (Å²) in [7, 11) is 0. The first-order valence-corrected chi connectivity index (χ1v) is 7.71. The Morgan fingerprint density at radius 2 is 1.82 bits per heavy atom. The van der Waals surface area contributed by atoms with E-state index in [4.69, 9.17) is 9.47 Å². The zero-order valence-corrected chi connectivity index (χ0v) is 14.6. The number of hydrogen-bond acceptors (Lipinski definition) is 5. The van der Waals surface area contributed by atoms with Gasteiger partial charge in [0.25, 0.3) is 0 Å². The molecule has 1 atom stereocenters. The van der Waals surface area contributed by atoms with E-state index >= 15 is 0 Å². The fraction of sp³-hybridized carbons (Fsp3) is 0.765. The van der Waals surface area contributed by atoms with Crippen molar-refractivity contribution in [2.45, 2.75) is 52.7 Å². The smallest absolute Gasteiger partial charge is 0.328 e. The molecular formula is C17H28N2O3. The molecule has 0 saturated carbocycles. The van der Waals surface area contributed by atoms with Gasteiger partial charge in [0.05, 0.1) is 19.3 Å². The molecule has 0 aliphatic carbocycles. The number of ether oxygens (including phenoxy) is 2. The Hall–Kier alpha value is -1.38. The number of morpholine rings is 1. The summed E-state index contributed by atoms with van der Waals surface area (Å²) in [4.78, 5) is 14.5. The number of carbonyl (C=O) groups excluding carboxylic acids is 1. The lowest BCUT2D eigenvalue weighted by Crippen LogP contribution is -2.49. The number of nitrogens with zero attached hydrogens (tertiary/aromatic N) is 2. The zero-order valence-electron chi connectivity index (χ0n) is 14.6. The van der Waals surface area contributed by atoms with Gasteiger partial charge < -0.3 is 9.47 Å². The third-order valence-corrected chi connectivity index (χ3v) is 3.63. The molecule has 0 spiro atoms. The molecule has 1 aliphatic rings. The number of rotatable bonds is 4. The van der Waals surface area contributed by atoms with E-state index in [2.05, 4.69) is 24.8 Å². The molecule has 1 saturated heterocycles. The van der Waals surface area contributed by atoms with Crippen LogP contribution in [0.15, 0.2) is 11.6 Å². The van der Waals surface area contributed by atoms with Crippen LogP contribution < -0.4 is 0 Å². The molecule has 0 amide bonds. The van der Waals surface area contributed by atoms with Crippen molar-refractivity contribution < 1.29 is 14.3 Å².